The Bertz CT molecular complexity index is 2010. The lowest BCUT2D eigenvalue weighted by Crippen LogP contribution is -2.47. The van der Waals surface area contributed by atoms with E-state index in [1.54, 1.807) is 39.4 Å². The van der Waals surface area contributed by atoms with E-state index in [0.29, 0.717) is 77.8 Å². The number of hydrogen-bond donors (Lipinski definition) is 2. The first kappa shape index (κ1) is 45.0. The van der Waals surface area contributed by atoms with Crippen molar-refractivity contribution in [3.63, 3.8) is 0 Å². The molecule has 0 bridgehead atoms. The van der Waals surface area contributed by atoms with Gasteiger partial charge in [-0.2, -0.15) is 13.2 Å². The summed E-state index contributed by atoms with van der Waals surface area (Å²) >= 11 is 0. The Morgan fingerprint density at radius 1 is 0.550 bits per heavy atom. The van der Waals surface area contributed by atoms with Gasteiger partial charge >= 0.3 is 24.1 Å². The highest BCUT2D eigenvalue weighted by Crippen LogP contribution is 2.18. The number of Topliss-reactive ketones (excluding diaryl/α,β-unsaturated/α-hetero) is 2. The Balaban J connectivity index is 0.000000232. The molecule has 0 saturated carbocycles. The maximum Gasteiger partial charge on any atom is 0.471 e. The molecule has 0 spiro atoms. The Morgan fingerprint density at radius 2 is 0.900 bits per heavy atom. The third-order valence-electron chi connectivity index (χ3n) is 9.69. The quantitative estimate of drug-likeness (QED) is 0.173. The first-order valence-electron chi connectivity index (χ1n) is 19.5. The molecular formula is C44H49F3N6O7. The highest BCUT2D eigenvalue weighted by molar-refractivity contribution is 6.00. The summed E-state index contributed by atoms with van der Waals surface area (Å²) in [5.74, 6) is -2.90. The molecule has 2 saturated heterocycles. The van der Waals surface area contributed by atoms with Crippen molar-refractivity contribution in [1.29, 1.82) is 0 Å². The fraction of sp³-hybridized carbons (Fsp3) is 0.341. The van der Waals surface area contributed by atoms with Gasteiger partial charge in [-0.3, -0.25) is 14.4 Å². The van der Waals surface area contributed by atoms with Crippen molar-refractivity contribution in [2.75, 3.05) is 65.7 Å². The van der Waals surface area contributed by atoms with Gasteiger partial charge in [-0.15, -0.1) is 0 Å². The first-order chi connectivity index (χ1) is 28.9. The lowest BCUT2D eigenvalue weighted by molar-refractivity contribution is -0.173. The van der Waals surface area contributed by atoms with Crippen LogP contribution in [0.3, 0.4) is 0 Å². The number of nitrogens with two attached hydrogens (primary N) is 1. The predicted molar refractivity (Wildman–Crippen MR) is 217 cm³/mol. The number of nitrogens with zero attached hydrogens (tertiary/aromatic N) is 4. The van der Waals surface area contributed by atoms with E-state index < -0.39 is 24.4 Å². The van der Waals surface area contributed by atoms with E-state index in [2.05, 4.69) is 0 Å². The average molecular weight is 831 g/mol. The van der Waals surface area contributed by atoms with E-state index in [1.807, 2.05) is 82.6 Å². The molecule has 6 rings (SSSR count). The number of benzene rings is 4. The normalized spacial score (nSPS) is 14.0. The van der Waals surface area contributed by atoms with Crippen LogP contribution in [-0.4, -0.2) is 121 Å². The van der Waals surface area contributed by atoms with Crippen molar-refractivity contribution in [2.45, 2.75) is 32.4 Å². The van der Waals surface area contributed by atoms with Crippen LogP contribution in [0.25, 0.3) is 0 Å². The Labute approximate surface area is 346 Å². The second kappa shape index (κ2) is 22.3. The molecule has 60 heavy (non-hydrogen) atoms. The predicted octanol–water partition coefficient (Wildman–Crippen LogP) is 5.28. The molecule has 5 amide bonds. The lowest BCUT2D eigenvalue weighted by atomic mass is 10.1. The SMILES string of the molecule is NCC(=O)c1ccc(CN(Cc2ccccc2)C(=O)N2CCOCC2)cc1.O=C(CNC(=O)C(F)(F)F)c1ccc(CN(Cc2ccccc2)C(=O)N2CCOCC2)cc1. The van der Waals surface area contributed by atoms with Gasteiger partial charge in [-0.05, 0) is 22.3 Å². The van der Waals surface area contributed by atoms with Gasteiger partial charge < -0.3 is 40.1 Å². The van der Waals surface area contributed by atoms with Gasteiger partial charge in [0.2, 0.25) is 0 Å². The summed E-state index contributed by atoms with van der Waals surface area (Å²) in [5, 5.41) is 1.56. The number of urea groups is 2. The number of alkyl halides is 3. The fourth-order valence-electron chi connectivity index (χ4n) is 6.41. The topological polar surface area (TPSA) is 155 Å². The van der Waals surface area contributed by atoms with Crippen LogP contribution in [0.4, 0.5) is 22.8 Å². The average Bonchev–Trinajstić information content (AvgIpc) is 3.28. The van der Waals surface area contributed by atoms with Gasteiger partial charge in [0.25, 0.3) is 0 Å². The fourth-order valence-corrected chi connectivity index (χ4v) is 6.41. The number of ketones is 2. The summed E-state index contributed by atoms with van der Waals surface area (Å²) in [4.78, 5) is 67.9. The van der Waals surface area contributed by atoms with Crippen LogP contribution in [0.2, 0.25) is 0 Å². The highest BCUT2D eigenvalue weighted by atomic mass is 19.4. The monoisotopic (exact) mass is 830 g/mol. The molecule has 0 aromatic heterocycles. The Morgan fingerprint density at radius 3 is 1.25 bits per heavy atom. The second-order valence-corrected chi connectivity index (χ2v) is 14.1. The molecule has 2 aliphatic rings. The number of ether oxygens (including phenoxy) is 2. The van der Waals surface area contributed by atoms with Gasteiger partial charge in [0.05, 0.1) is 39.5 Å². The van der Waals surface area contributed by atoms with Crippen molar-refractivity contribution in [3.8, 4) is 0 Å². The van der Waals surface area contributed by atoms with Crippen LogP contribution < -0.4 is 11.1 Å². The van der Waals surface area contributed by atoms with E-state index in [0.717, 1.165) is 22.3 Å². The maximum atomic E-state index is 13.1. The lowest BCUT2D eigenvalue weighted by Gasteiger charge is -2.33. The molecule has 0 aliphatic carbocycles. The first-order valence-corrected chi connectivity index (χ1v) is 19.5. The third kappa shape index (κ3) is 13.7. The minimum Gasteiger partial charge on any atom is -0.378 e. The van der Waals surface area contributed by atoms with Crippen molar-refractivity contribution in [1.82, 2.24) is 24.9 Å². The number of rotatable bonds is 13. The minimum absolute atomic E-state index is 0.00395. The smallest absolute Gasteiger partial charge is 0.378 e. The number of morpholine rings is 2. The van der Waals surface area contributed by atoms with Crippen LogP contribution in [0, 0.1) is 0 Å². The van der Waals surface area contributed by atoms with Crippen molar-refractivity contribution in [3.05, 3.63) is 143 Å². The molecule has 13 nitrogen and oxygen atoms in total. The second-order valence-electron chi connectivity index (χ2n) is 14.1. The number of nitrogens with one attached hydrogen (secondary N) is 1. The van der Waals surface area contributed by atoms with Crippen LogP contribution in [-0.2, 0) is 40.4 Å². The molecule has 3 N–H and O–H groups in total. The molecule has 4 aromatic rings. The standard InChI is InChI=1S/C23H24F3N3O4.C21H25N3O3/c24-23(25,26)21(31)27-14-20(30)19-8-6-18(7-9-19)16-29(15-17-4-2-1-3-5-17)22(32)28-10-12-33-13-11-28;22-14-20(25)19-8-6-18(7-9-19)16-24(15-17-4-2-1-3-5-17)21(26)23-10-12-27-13-11-23/h1-9H,10-16H2,(H,27,31);1-9H,10-16,22H2. The number of amides is 5. The molecule has 16 heteroatoms. The van der Waals surface area contributed by atoms with Crippen LogP contribution in [0.1, 0.15) is 43.0 Å². The number of carbonyl (C=O) groups excluding carboxylic acids is 5. The molecule has 0 unspecified atom stereocenters. The largest absolute Gasteiger partial charge is 0.471 e. The summed E-state index contributed by atoms with van der Waals surface area (Å²) in [6.45, 7) is 5.22. The number of carbonyl (C=O) groups is 5. The summed E-state index contributed by atoms with van der Waals surface area (Å²) in [7, 11) is 0. The van der Waals surface area contributed by atoms with Gasteiger partial charge in [-0.25, -0.2) is 9.59 Å². The molecule has 0 atom stereocenters. The van der Waals surface area contributed by atoms with E-state index in [4.69, 9.17) is 15.2 Å². The van der Waals surface area contributed by atoms with Gasteiger partial charge in [0.1, 0.15) is 0 Å². The van der Waals surface area contributed by atoms with Crippen molar-refractivity contribution >= 4 is 29.5 Å². The van der Waals surface area contributed by atoms with Gasteiger partial charge in [-0.1, -0.05) is 109 Å². The van der Waals surface area contributed by atoms with Crippen LogP contribution >= 0.6 is 0 Å². The van der Waals surface area contributed by atoms with Crippen molar-refractivity contribution in [2.24, 2.45) is 5.73 Å². The zero-order valence-electron chi connectivity index (χ0n) is 33.1. The molecular weight excluding hydrogens is 782 g/mol. The molecule has 2 heterocycles. The zero-order valence-corrected chi connectivity index (χ0v) is 33.1. The Kier molecular flexibility index (Phi) is 16.7. The van der Waals surface area contributed by atoms with E-state index in [1.165, 1.54) is 12.1 Å². The van der Waals surface area contributed by atoms with Gasteiger partial charge in [0.15, 0.2) is 11.6 Å². The summed E-state index contributed by atoms with van der Waals surface area (Å²) in [6.07, 6.45) is -5.04. The molecule has 0 radical (unpaired) electrons. The van der Waals surface area contributed by atoms with E-state index in [-0.39, 0.29) is 36.5 Å². The summed E-state index contributed by atoms with van der Waals surface area (Å²) in [6, 6.07) is 32.9. The van der Waals surface area contributed by atoms with Crippen LogP contribution in [0.15, 0.2) is 109 Å². The van der Waals surface area contributed by atoms with Crippen LogP contribution in [0.5, 0.6) is 0 Å². The molecule has 318 valence electrons. The van der Waals surface area contributed by atoms with Crippen molar-refractivity contribution < 1.29 is 46.6 Å². The minimum atomic E-state index is -5.04. The third-order valence-corrected chi connectivity index (χ3v) is 9.69. The number of halogens is 3. The summed E-state index contributed by atoms with van der Waals surface area (Å²) < 4.78 is 47.5. The van der Waals surface area contributed by atoms with E-state index in [9.17, 15) is 37.1 Å². The van der Waals surface area contributed by atoms with E-state index >= 15 is 0 Å². The van der Waals surface area contributed by atoms with Gasteiger partial charge in [0, 0.05) is 63.5 Å². The molecule has 4 aromatic carbocycles. The maximum absolute atomic E-state index is 13.1. The molecule has 2 aliphatic heterocycles. The highest BCUT2D eigenvalue weighted by Gasteiger charge is 2.38. The number of hydrogen-bond acceptors (Lipinski definition) is 8. The zero-order chi connectivity index (χ0) is 42.9. The Hall–Kier alpha value is -6.10. The molecule has 2 fully saturated rings. The summed E-state index contributed by atoms with van der Waals surface area (Å²) in [5.41, 5.74) is 9.94.